The van der Waals surface area contributed by atoms with Gasteiger partial charge >= 0.3 is 5.97 Å². The highest BCUT2D eigenvalue weighted by Crippen LogP contribution is 2.47. The summed E-state index contributed by atoms with van der Waals surface area (Å²) in [6.45, 7) is 6.31. The van der Waals surface area contributed by atoms with Crippen LogP contribution in [0.25, 0.3) is 0 Å². The maximum absolute atomic E-state index is 13.8. The zero-order valence-electron chi connectivity index (χ0n) is 26.4. The quantitative estimate of drug-likeness (QED) is 0.285. The zero-order valence-corrected chi connectivity index (χ0v) is 26.4. The standard InChI is InChI=1S/C32H50N4O7/c1-5-6-14-34(16-10-9-13-33(2)3)29(38)21-36-20-24(23-18-26(41-4)31-27(19-23)42-22-43-31)30(32(39)40)25(36)12-17-35-15-8-7-11-28(35)37/h18-19,24-25,30H,5-17,20-22H2,1-4H3,(H,39,40)/t24-,25+,30-/m1/s1. The molecule has 0 aromatic heterocycles. The van der Waals surface area contributed by atoms with Gasteiger partial charge in [-0.15, -0.1) is 0 Å². The van der Waals surface area contributed by atoms with Crippen LogP contribution in [0.4, 0.5) is 0 Å². The van der Waals surface area contributed by atoms with Gasteiger partial charge in [0.1, 0.15) is 0 Å². The van der Waals surface area contributed by atoms with Gasteiger partial charge in [0.2, 0.25) is 24.4 Å². The molecule has 43 heavy (non-hydrogen) atoms. The molecule has 1 aromatic rings. The van der Waals surface area contributed by atoms with Crippen molar-refractivity contribution in [2.75, 3.05) is 73.8 Å². The number of carbonyl (C=O) groups is 3. The number of hydrogen-bond donors (Lipinski definition) is 1. The van der Waals surface area contributed by atoms with Crippen molar-refractivity contribution in [3.8, 4) is 17.2 Å². The number of methoxy groups -OCH3 is 1. The summed E-state index contributed by atoms with van der Waals surface area (Å²) in [7, 11) is 5.66. The van der Waals surface area contributed by atoms with Gasteiger partial charge in [0.05, 0.1) is 19.6 Å². The molecule has 2 fully saturated rings. The molecule has 0 unspecified atom stereocenters. The first-order chi connectivity index (χ1) is 20.7. The molecule has 3 heterocycles. The molecule has 3 aliphatic heterocycles. The molecule has 2 saturated heterocycles. The van der Waals surface area contributed by atoms with Crippen LogP contribution < -0.4 is 14.2 Å². The Morgan fingerprint density at radius 1 is 1.09 bits per heavy atom. The van der Waals surface area contributed by atoms with E-state index >= 15 is 0 Å². The Kier molecular flexibility index (Phi) is 11.9. The summed E-state index contributed by atoms with van der Waals surface area (Å²) in [4.78, 5) is 47.4. The summed E-state index contributed by atoms with van der Waals surface area (Å²) >= 11 is 0. The third kappa shape index (κ3) is 8.32. The Morgan fingerprint density at radius 3 is 2.56 bits per heavy atom. The van der Waals surface area contributed by atoms with Gasteiger partial charge in [0, 0.05) is 51.1 Å². The van der Waals surface area contributed by atoms with Crippen molar-refractivity contribution in [1.29, 1.82) is 0 Å². The van der Waals surface area contributed by atoms with Crippen LogP contribution in [0, 0.1) is 5.92 Å². The van der Waals surface area contributed by atoms with Gasteiger partial charge in [-0.1, -0.05) is 13.3 Å². The van der Waals surface area contributed by atoms with Gasteiger partial charge < -0.3 is 34.0 Å². The molecule has 0 bridgehead atoms. The molecule has 3 aliphatic rings. The maximum Gasteiger partial charge on any atom is 0.308 e. The highest BCUT2D eigenvalue weighted by Gasteiger charge is 2.48. The van der Waals surface area contributed by atoms with E-state index in [9.17, 15) is 19.5 Å². The Hall–Kier alpha value is -3.05. The number of ether oxygens (including phenoxy) is 3. The lowest BCUT2D eigenvalue weighted by Crippen LogP contribution is -2.46. The monoisotopic (exact) mass is 602 g/mol. The van der Waals surface area contributed by atoms with E-state index in [0.717, 1.165) is 50.6 Å². The Morgan fingerprint density at radius 2 is 1.86 bits per heavy atom. The molecule has 0 spiro atoms. The van der Waals surface area contributed by atoms with Gasteiger partial charge in [0.25, 0.3) is 0 Å². The molecule has 1 aromatic carbocycles. The van der Waals surface area contributed by atoms with E-state index in [1.165, 1.54) is 0 Å². The van der Waals surface area contributed by atoms with Crippen LogP contribution in [-0.4, -0.2) is 122 Å². The zero-order chi connectivity index (χ0) is 30.9. The molecule has 3 atom stereocenters. The third-order valence-corrected chi connectivity index (χ3v) is 9.01. The van der Waals surface area contributed by atoms with Crippen molar-refractivity contribution >= 4 is 17.8 Å². The number of fused-ring (bicyclic) bond motifs is 1. The second-order valence-electron chi connectivity index (χ2n) is 12.3. The first-order valence-corrected chi connectivity index (χ1v) is 15.9. The smallest absolute Gasteiger partial charge is 0.308 e. The second kappa shape index (κ2) is 15.6. The number of aliphatic carboxylic acids is 1. The molecule has 11 heteroatoms. The lowest BCUT2D eigenvalue weighted by molar-refractivity contribution is -0.144. The van der Waals surface area contributed by atoms with Gasteiger partial charge in [0.15, 0.2) is 11.5 Å². The number of amides is 2. The van der Waals surface area contributed by atoms with Crippen LogP contribution in [-0.2, 0) is 14.4 Å². The summed E-state index contributed by atoms with van der Waals surface area (Å²) in [5.74, 6) is -0.344. The second-order valence-corrected chi connectivity index (χ2v) is 12.3. The highest BCUT2D eigenvalue weighted by atomic mass is 16.7. The Labute approximate surface area is 256 Å². The van der Waals surface area contributed by atoms with E-state index in [-0.39, 0.29) is 31.1 Å². The predicted octanol–water partition coefficient (Wildman–Crippen LogP) is 3.27. The van der Waals surface area contributed by atoms with Crippen LogP contribution in [0.5, 0.6) is 17.2 Å². The van der Waals surface area contributed by atoms with Crippen molar-refractivity contribution in [3.05, 3.63) is 17.7 Å². The number of benzene rings is 1. The summed E-state index contributed by atoms with van der Waals surface area (Å²) in [6, 6.07) is 3.28. The molecular formula is C32H50N4O7. The van der Waals surface area contributed by atoms with Crippen molar-refractivity contribution in [1.82, 2.24) is 19.6 Å². The topological polar surface area (TPSA) is 112 Å². The third-order valence-electron chi connectivity index (χ3n) is 9.01. The molecule has 1 N–H and O–H groups in total. The summed E-state index contributed by atoms with van der Waals surface area (Å²) in [5, 5.41) is 10.6. The van der Waals surface area contributed by atoms with Crippen molar-refractivity contribution in [2.24, 2.45) is 5.92 Å². The lowest BCUT2D eigenvalue weighted by Gasteiger charge is -2.32. The molecule has 2 amide bonds. The fourth-order valence-electron chi connectivity index (χ4n) is 6.66. The van der Waals surface area contributed by atoms with Crippen LogP contribution >= 0.6 is 0 Å². The minimum atomic E-state index is -0.905. The van der Waals surface area contributed by atoms with Gasteiger partial charge in [-0.3, -0.25) is 19.3 Å². The summed E-state index contributed by atoms with van der Waals surface area (Å²) < 4.78 is 16.8. The SMILES string of the molecule is CCCCN(CCCCN(C)C)C(=O)CN1C[C@H](c2cc(OC)c3c(c2)OCO3)[C@@H](C(=O)O)[C@@H]1CCN1CCCCC1=O. The molecule has 0 saturated carbocycles. The van der Waals surface area contributed by atoms with Crippen LogP contribution in [0.15, 0.2) is 12.1 Å². The number of carboxylic acids is 1. The molecule has 11 nitrogen and oxygen atoms in total. The van der Waals surface area contributed by atoms with E-state index < -0.39 is 17.9 Å². The van der Waals surface area contributed by atoms with Crippen LogP contribution in [0.2, 0.25) is 0 Å². The fourth-order valence-corrected chi connectivity index (χ4v) is 6.66. The average Bonchev–Trinajstić information content (AvgIpc) is 3.60. The molecule has 0 aliphatic carbocycles. The van der Waals surface area contributed by atoms with Crippen molar-refractivity contribution in [2.45, 2.75) is 70.3 Å². The van der Waals surface area contributed by atoms with Gasteiger partial charge in [-0.05, 0) is 76.9 Å². The molecule has 0 radical (unpaired) electrons. The molecular weight excluding hydrogens is 552 g/mol. The number of likely N-dealkylation sites (tertiary alicyclic amines) is 2. The summed E-state index contributed by atoms with van der Waals surface area (Å²) in [5.41, 5.74) is 0.786. The average molecular weight is 603 g/mol. The first kappa shape index (κ1) is 32.9. The van der Waals surface area contributed by atoms with Crippen molar-refractivity contribution < 1.29 is 33.7 Å². The van der Waals surface area contributed by atoms with E-state index in [4.69, 9.17) is 14.2 Å². The van der Waals surface area contributed by atoms with Crippen LogP contribution in [0.3, 0.4) is 0 Å². The summed E-state index contributed by atoms with van der Waals surface area (Å²) in [6.07, 6.45) is 6.74. The molecule has 240 valence electrons. The van der Waals surface area contributed by atoms with Gasteiger partial charge in [-0.2, -0.15) is 0 Å². The maximum atomic E-state index is 13.8. The number of hydrogen-bond acceptors (Lipinski definition) is 8. The lowest BCUT2D eigenvalue weighted by atomic mass is 9.84. The molecule has 4 rings (SSSR count). The fraction of sp³-hybridized carbons (Fsp3) is 0.719. The van der Waals surface area contributed by atoms with Crippen molar-refractivity contribution in [3.63, 3.8) is 0 Å². The number of piperidine rings is 1. The Balaban J connectivity index is 1.58. The number of carboxylic acid groups (broad SMARTS) is 1. The Bertz CT molecular complexity index is 1110. The van der Waals surface area contributed by atoms with Crippen LogP contribution in [0.1, 0.15) is 69.8 Å². The largest absolute Gasteiger partial charge is 0.493 e. The van der Waals surface area contributed by atoms with E-state index in [2.05, 4.69) is 30.8 Å². The van der Waals surface area contributed by atoms with E-state index in [1.807, 2.05) is 21.9 Å². The minimum Gasteiger partial charge on any atom is -0.493 e. The first-order valence-electron chi connectivity index (χ1n) is 15.9. The number of unbranched alkanes of at least 4 members (excludes halogenated alkanes) is 2. The highest BCUT2D eigenvalue weighted by molar-refractivity contribution is 5.79. The minimum absolute atomic E-state index is 0.0328. The predicted molar refractivity (Wildman–Crippen MR) is 163 cm³/mol. The normalized spacial score (nSPS) is 21.9. The van der Waals surface area contributed by atoms with E-state index in [0.29, 0.717) is 62.8 Å². The number of rotatable bonds is 16. The van der Waals surface area contributed by atoms with Gasteiger partial charge in [-0.25, -0.2) is 0 Å². The van der Waals surface area contributed by atoms with E-state index in [1.54, 1.807) is 7.11 Å². The number of nitrogens with zero attached hydrogens (tertiary/aromatic N) is 4. The number of carbonyl (C=O) groups excluding carboxylic acids is 2.